The minimum Gasteiger partial charge on any atom is -0.496 e. The van der Waals surface area contributed by atoms with E-state index in [9.17, 15) is 0 Å². The van der Waals surface area contributed by atoms with E-state index >= 15 is 0 Å². The van der Waals surface area contributed by atoms with Crippen molar-refractivity contribution in [2.45, 2.75) is 68.7 Å². The second kappa shape index (κ2) is 9.78. The predicted octanol–water partition coefficient (Wildman–Crippen LogP) is 8.02. The maximum Gasteiger partial charge on any atom is 0.126 e. The molecule has 0 spiro atoms. The molecule has 2 aromatic carbocycles. The molecule has 0 radical (unpaired) electrons. The van der Waals surface area contributed by atoms with Crippen LogP contribution in [0.2, 0.25) is 0 Å². The normalized spacial score (nSPS) is 11.7. The van der Waals surface area contributed by atoms with Crippen molar-refractivity contribution in [3.05, 3.63) is 58.7 Å². The lowest BCUT2D eigenvalue weighted by atomic mass is 9.84. The Morgan fingerprint density at radius 2 is 1.59 bits per heavy atom. The minimum atomic E-state index is 0.166. The van der Waals surface area contributed by atoms with Crippen LogP contribution in [0.5, 0.6) is 5.75 Å². The average Bonchev–Trinajstić information content (AvgIpc) is 2.61. The number of benzene rings is 2. The van der Waals surface area contributed by atoms with Gasteiger partial charge in [-0.25, -0.2) is 0 Å². The molecule has 0 saturated carbocycles. The van der Waals surface area contributed by atoms with Crippen molar-refractivity contribution in [3.8, 4) is 16.9 Å². The summed E-state index contributed by atoms with van der Waals surface area (Å²) >= 11 is 0. The number of rotatable bonds is 4. The molecular formula is C26H38O. The molecule has 1 heteroatoms. The zero-order chi connectivity index (χ0) is 20.8. The number of hydrogen-bond donors (Lipinski definition) is 0. The summed E-state index contributed by atoms with van der Waals surface area (Å²) in [6, 6.07) is 10.9. The van der Waals surface area contributed by atoms with Gasteiger partial charge in [0.15, 0.2) is 0 Å². The third-order valence-corrected chi connectivity index (χ3v) is 4.57. The molecule has 0 N–H and O–H groups in total. The van der Waals surface area contributed by atoms with Crippen LogP contribution in [0.1, 0.15) is 70.7 Å². The maximum atomic E-state index is 5.68. The second-order valence-electron chi connectivity index (χ2n) is 8.03. The van der Waals surface area contributed by atoms with Gasteiger partial charge in [0.25, 0.3) is 0 Å². The Morgan fingerprint density at radius 1 is 1.00 bits per heavy atom. The number of allylic oxidation sites excluding steroid dienone is 2. The highest BCUT2D eigenvalue weighted by Gasteiger charge is 2.17. The Hall–Kier alpha value is -2.02. The summed E-state index contributed by atoms with van der Waals surface area (Å²) in [6.07, 6.45) is 3.38. The lowest BCUT2D eigenvalue weighted by Crippen LogP contribution is -2.04. The van der Waals surface area contributed by atoms with E-state index in [4.69, 9.17) is 4.74 Å². The molecule has 0 saturated heterocycles. The molecule has 0 aromatic heterocycles. The Labute approximate surface area is 167 Å². The van der Waals surface area contributed by atoms with Gasteiger partial charge in [0, 0.05) is 5.56 Å². The molecule has 0 atom stereocenters. The molecule has 0 aliphatic carbocycles. The first-order chi connectivity index (χ1) is 12.7. The van der Waals surface area contributed by atoms with Crippen LogP contribution in [-0.2, 0) is 6.42 Å². The van der Waals surface area contributed by atoms with Crippen molar-refractivity contribution in [1.29, 1.82) is 0 Å². The quantitative estimate of drug-likeness (QED) is 0.532. The summed E-state index contributed by atoms with van der Waals surface area (Å²) in [4.78, 5) is 0. The molecule has 27 heavy (non-hydrogen) atoms. The number of methoxy groups -OCH3 is 1. The Kier molecular flexibility index (Phi) is 8.34. The maximum absolute atomic E-state index is 5.68. The predicted molar refractivity (Wildman–Crippen MR) is 122 cm³/mol. The van der Waals surface area contributed by atoms with E-state index in [1.165, 1.54) is 39.0 Å². The van der Waals surface area contributed by atoms with Gasteiger partial charge >= 0.3 is 0 Å². The summed E-state index contributed by atoms with van der Waals surface area (Å²) in [5.41, 5.74) is 9.32. The highest BCUT2D eigenvalue weighted by molar-refractivity contribution is 5.81. The third kappa shape index (κ3) is 5.73. The Balaban J connectivity index is 0.00000176. The van der Waals surface area contributed by atoms with Crippen LogP contribution in [0.4, 0.5) is 0 Å². The molecule has 0 aliphatic rings. The topological polar surface area (TPSA) is 9.23 Å². The summed E-state index contributed by atoms with van der Waals surface area (Å²) in [6.45, 7) is 19.6. The van der Waals surface area contributed by atoms with Gasteiger partial charge in [-0.15, -0.1) is 0 Å². The van der Waals surface area contributed by atoms with Gasteiger partial charge in [-0.05, 0) is 72.1 Å². The summed E-state index contributed by atoms with van der Waals surface area (Å²) < 4.78 is 5.68. The van der Waals surface area contributed by atoms with Crippen molar-refractivity contribution in [3.63, 3.8) is 0 Å². The van der Waals surface area contributed by atoms with Crippen molar-refractivity contribution in [1.82, 2.24) is 0 Å². The minimum absolute atomic E-state index is 0.166. The van der Waals surface area contributed by atoms with Crippen LogP contribution in [0.15, 0.2) is 36.4 Å². The third-order valence-electron chi connectivity index (χ3n) is 4.57. The smallest absolute Gasteiger partial charge is 0.126 e. The molecule has 2 aromatic rings. The monoisotopic (exact) mass is 366 g/mol. The number of ether oxygens (including phenoxy) is 1. The summed E-state index contributed by atoms with van der Waals surface area (Å²) in [7, 11) is 1.75. The molecule has 0 heterocycles. The average molecular weight is 367 g/mol. The molecule has 148 valence electrons. The van der Waals surface area contributed by atoms with E-state index in [0.717, 1.165) is 12.2 Å². The summed E-state index contributed by atoms with van der Waals surface area (Å²) in [5.74, 6) is 0.946. The highest BCUT2D eigenvalue weighted by atomic mass is 16.5. The lowest BCUT2D eigenvalue weighted by Gasteiger charge is -2.21. The molecule has 0 unspecified atom stereocenters. The van der Waals surface area contributed by atoms with Crippen molar-refractivity contribution in [2.24, 2.45) is 5.41 Å². The molecule has 0 bridgehead atoms. The van der Waals surface area contributed by atoms with Gasteiger partial charge in [-0.1, -0.05) is 71.9 Å². The van der Waals surface area contributed by atoms with E-state index < -0.39 is 0 Å². The van der Waals surface area contributed by atoms with Crippen LogP contribution >= 0.6 is 0 Å². The first kappa shape index (κ1) is 23.0. The lowest BCUT2D eigenvalue weighted by molar-refractivity contribution is 0.416. The zero-order valence-corrected chi connectivity index (χ0v) is 19.1. The van der Waals surface area contributed by atoms with E-state index in [0.29, 0.717) is 0 Å². The fourth-order valence-electron chi connectivity index (χ4n) is 3.68. The fourth-order valence-corrected chi connectivity index (χ4v) is 3.68. The van der Waals surface area contributed by atoms with Gasteiger partial charge in [0.1, 0.15) is 5.75 Å². The molecule has 0 fully saturated rings. The summed E-state index contributed by atoms with van der Waals surface area (Å²) in [5, 5.41) is 0. The molecule has 2 rings (SSSR count). The number of aryl methyl sites for hydroxylation is 2. The van der Waals surface area contributed by atoms with Crippen molar-refractivity contribution in [2.75, 3.05) is 7.11 Å². The highest BCUT2D eigenvalue weighted by Crippen LogP contribution is 2.38. The van der Waals surface area contributed by atoms with Gasteiger partial charge in [-0.2, -0.15) is 0 Å². The number of hydrogen-bond acceptors (Lipinski definition) is 1. The van der Waals surface area contributed by atoms with Gasteiger partial charge < -0.3 is 4.74 Å². The van der Waals surface area contributed by atoms with E-state index in [1.807, 2.05) is 13.8 Å². The second-order valence-corrected chi connectivity index (χ2v) is 8.03. The molecular weight excluding hydrogens is 328 g/mol. The van der Waals surface area contributed by atoms with E-state index in [1.54, 1.807) is 7.11 Å². The van der Waals surface area contributed by atoms with Crippen LogP contribution in [0.25, 0.3) is 16.7 Å². The van der Waals surface area contributed by atoms with Crippen molar-refractivity contribution >= 4 is 5.57 Å². The molecule has 1 nitrogen and oxygen atoms in total. The first-order valence-corrected chi connectivity index (χ1v) is 10.1. The van der Waals surface area contributed by atoms with Crippen LogP contribution in [-0.4, -0.2) is 7.11 Å². The van der Waals surface area contributed by atoms with Gasteiger partial charge in [-0.3, -0.25) is 0 Å². The van der Waals surface area contributed by atoms with Crippen LogP contribution in [0.3, 0.4) is 0 Å². The van der Waals surface area contributed by atoms with E-state index in [2.05, 4.69) is 84.9 Å². The fraction of sp³-hybridized carbons (Fsp3) is 0.462. The van der Waals surface area contributed by atoms with Crippen LogP contribution < -0.4 is 4.74 Å². The van der Waals surface area contributed by atoms with Gasteiger partial charge in [0.2, 0.25) is 0 Å². The SMILES string of the molecule is CC.CCc1c(-c2ccc(C)cc2OC)ccc(C)c1/C(C)=C\C(C)(C)C. The first-order valence-electron chi connectivity index (χ1n) is 10.1. The Bertz CT molecular complexity index is 789. The van der Waals surface area contributed by atoms with Crippen molar-refractivity contribution < 1.29 is 4.74 Å². The molecule has 0 amide bonds. The molecule has 0 aliphatic heterocycles. The van der Waals surface area contributed by atoms with Gasteiger partial charge in [0.05, 0.1) is 7.11 Å². The Morgan fingerprint density at radius 3 is 2.11 bits per heavy atom. The van der Waals surface area contributed by atoms with E-state index in [-0.39, 0.29) is 5.41 Å². The standard InChI is InChI=1S/C24H32O.C2H6/c1-9-19-20(21-12-10-16(2)14-22(21)25-8)13-11-17(3)23(19)18(4)15-24(5,6)7;1-2/h10-15H,9H2,1-8H3;1-2H3/b18-15-;. The zero-order valence-electron chi connectivity index (χ0n) is 19.1. The largest absolute Gasteiger partial charge is 0.496 e. The van der Waals surface area contributed by atoms with Crippen LogP contribution in [0, 0.1) is 19.3 Å².